The topological polar surface area (TPSA) is 53.0 Å². The molecule has 1 N–H and O–H groups in total. The van der Waals surface area contributed by atoms with E-state index >= 15 is 0 Å². The number of hydrogen-bond donors (Lipinski definition) is 1. The van der Waals surface area contributed by atoms with Crippen LogP contribution in [0.1, 0.15) is 53.9 Å². The van der Waals surface area contributed by atoms with Gasteiger partial charge in [-0.05, 0) is 53.9 Å². The molecule has 5 heteroatoms. The summed E-state index contributed by atoms with van der Waals surface area (Å²) < 4.78 is 5.79. The summed E-state index contributed by atoms with van der Waals surface area (Å²) >= 11 is 0. The Morgan fingerprint density at radius 1 is 1.33 bits per heavy atom. The van der Waals surface area contributed by atoms with Crippen molar-refractivity contribution in [2.24, 2.45) is 0 Å². The number of carboxylic acid groups (broad SMARTS) is 1. The number of rotatable bonds is 2. The van der Waals surface area contributed by atoms with Gasteiger partial charge in [-0.2, -0.15) is 0 Å². The maximum absolute atomic E-state index is 11.6. The van der Waals surface area contributed by atoms with Gasteiger partial charge in [-0.15, -0.1) is 0 Å². The van der Waals surface area contributed by atoms with Crippen LogP contribution in [-0.2, 0) is 4.74 Å². The van der Waals surface area contributed by atoms with Crippen LogP contribution in [0.15, 0.2) is 0 Å². The predicted molar refractivity (Wildman–Crippen MR) is 82.6 cm³/mol. The molecule has 0 saturated carbocycles. The van der Waals surface area contributed by atoms with Crippen molar-refractivity contribution < 1.29 is 14.6 Å². The van der Waals surface area contributed by atoms with Gasteiger partial charge in [0, 0.05) is 37.3 Å². The Bertz CT molecular complexity index is 389. The monoisotopic (exact) mass is 298 g/mol. The maximum Gasteiger partial charge on any atom is 0.408 e. The lowest BCUT2D eigenvalue weighted by atomic mass is 9.93. The van der Waals surface area contributed by atoms with E-state index in [0.717, 1.165) is 39.0 Å². The summed E-state index contributed by atoms with van der Waals surface area (Å²) in [6.07, 6.45) is 2.21. The molecule has 2 saturated heterocycles. The van der Waals surface area contributed by atoms with Crippen LogP contribution in [0.4, 0.5) is 4.79 Å². The Kier molecular flexibility index (Phi) is 4.54. The van der Waals surface area contributed by atoms with Crippen molar-refractivity contribution in [2.45, 2.75) is 77.1 Å². The van der Waals surface area contributed by atoms with Gasteiger partial charge in [0.2, 0.25) is 0 Å². The molecule has 0 aromatic heterocycles. The van der Waals surface area contributed by atoms with Crippen molar-refractivity contribution in [3.8, 4) is 0 Å². The molecule has 0 bridgehead atoms. The third kappa shape index (κ3) is 3.89. The normalized spacial score (nSPS) is 30.3. The highest BCUT2D eigenvalue weighted by Gasteiger charge is 2.40. The minimum Gasteiger partial charge on any atom is -0.465 e. The van der Waals surface area contributed by atoms with E-state index in [0.29, 0.717) is 6.04 Å². The van der Waals surface area contributed by atoms with Crippen molar-refractivity contribution in [1.82, 2.24) is 9.80 Å². The fourth-order valence-corrected chi connectivity index (χ4v) is 3.81. The molecule has 2 atom stereocenters. The molecule has 122 valence electrons. The molecule has 2 aliphatic heterocycles. The number of nitrogens with zero attached hydrogens (tertiary/aromatic N) is 2. The second kappa shape index (κ2) is 5.76. The first-order valence-corrected chi connectivity index (χ1v) is 8.00. The molecule has 0 aromatic rings. The van der Waals surface area contributed by atoms with Gasteiger partial charge in [0.1, 0.15) is 0 Å². The molecule has 0 aromatic carbocycles. The first-order chi connectivity index (χ1) is 9.60. The molecule has 21 heavy (non-hydrogen) atoms. The average Bonchev–Trinajstić information content (AvgIpc) is 2.74. The smallest absolute Gasteiger partial charge is 0.408 e. The van der Waals surface area contributed by atoms with Crippen molar-refractivity contribution >= 4 is 6.09 Å². The molecular weight excluding hydrogens is 268 g/mol. The van der Waals surface area contributed by atoms with Crippen LogP contribution in [0.2, 0.25) is 0 Å². The van der Waals surface area contributed by atoms with E-state index in [-0.39, 0.29) is 17.2 Å². The molecule has 0 aliphatic carbocycles. The molecule has 2 fully saturated rings. The first kappa shape index (κ1) is 16.6. The van der Waals surface area contributed by atoms with E-state index in [9.17, 15) is 9.90 Å². The molecule has 1 amide bonds. The molecule has 2 rings (SSSR count). The molecule has 0 spiro atoms. The maximum atomic E-state index is 11.6. The molecule has 2 aliphatic rings. The summed E-state index contributed by atoms with van der Waals surface area (Å²) in [4.78, 5) is 15.7. The van der Waals surface area contributed by atoms with E-state index in [4.69, 9.17) is 4.74 Å². The van der Waals surface area contributed by atoms with Gasteiger partial charge < -0.3 is 9.84 Å². The fraction of sp³-hybridized carbons (Fsp3) is 0.938. The number of amides is 1. The largest absolute Gasteiger partial charge is 0.465 e. The van der Waals surface area contributed by atoms with Gasteiger partial charge in [-0.1, -0.05) is 0 Å². The highest BCUT2D eigenvalue weighted by molar-refractivity contribution is 5.66. The van der Waals surface area contributed by atoms with E-state index in [1.165, 1.54) is 0 Å². The summed E-state index contributed by atoms with van der Waals surface area (Å²) in [6, 6.07) is 0.628. The zero-order chi connectivity index (χ0) is 15.8. The van der Waals surface area contributed by atoms with Crippen molar-refractivity contribution in [2.75, 3.05) is 19.7 Å². The lowest BCUT2D eigenvalue weighted by Gasteiger charge is -2.41. The molecular formula is C16H30N2O3. The van der Waals surface area contributed by atoms with E-state index < -0.39 is 6.09 Å². The van der Waals surface area contributed by atoms with Gasteiger partial charge in [0.15, 0.2) is 0 Å². The highest BCUT2D eigenvalue weighted by atomic mass is 16.5. The SMILES string of the molecule is CC1(C)CC(N2CC[C@@H](N(C(=O)O)C(C)(C)C)C2)CCO1. The second-order valence-electron chi connectivity index (χ2n) is 8.02. The van der Waals surface area contributed by atoms with Crippen LogP contribution >= 0.6 is 0 Å². The quantitative estimate of drug-likeness (QED) is 0.851. The fourth-order valence-electron chi connectivity index (χ4n) is 3.81. The van der Waals surface area contributed by atoms with Crippen molar-refractivity contribution in [3.63, 3.8) is 0 Å². The third-order valence-corrected chi connectivity index (χ3v) is 4.68. The van der Waals surface area contributed by atoms with Gasteiger partial charge in [0.25, 0.3) is 0 Å². The van der Waals surface area contributed by atoms with Crippen LogP contribution in [0.3, 0.4) is 0 Å². The number of likely N-dealkylation sites (tertiary alicyclic amines) is 1. The van der Waals surface area contributed by atoms with Crippen molar-refractivity contribution in [1.29, 1.82) is 0 Å². The minimum absolute atomic E-state index is 0.0580. The lowest BCUT2D eigenvalue weighted by Crippen LogP contribution is -2.53. The molecule has 2 heterocycles. The van der Waals surface area contributed by atoms with Gasteiger partial charge in [-0.3, -0.25) is 9.80 Å². The Hall–Kier alpha value is -0.810. The van der Waals surface area contributed by atoms with Gasteiger partial charge in [-0.25, -0.2) is 4.79 Å². The standard InChI is InChI=1S/C16H30N2O3/c1-15(2,3)18(14(19)20)13-6-8-17(11-13)12-7-9-21-16(4,5)10-12/h12-13H,6-11H2,1-5H3,(H,19,20)/t12?,13-/m1/s1. The summed E-state index contributed by atoms with van der Waals surface area (Å²) in [5.41, 5.74) is -0.404. The predicted octanol–water partition coefficient (Wildman–Crippen LogP) is 2.80. The lowest BCUT2D eigenvalue weighted by molar-refractivity contribution is -0.0811. The van der Waals surface area contributed by atoms with Gasteiger partial charge >= 0.3 is 6.09 Å². The van der Waals surface area contributed by atoms with Crippen LogP contribution in [-0.4, -0.2) is 63.9 Å². The van der Waals surface area contributed by atoms with Crippen LogP contribution < -0.4 is 0 Å². The minimum atomic E-state index is -0.804. The molecule has 1 unspecified atom stereocenters. The van der Waals surface area contributed by atoms with Crippen molar-refractivity contribution in [3.05, 3.63) is 0 Å². The first-order valence-electron chi connectivity index (χ1n) is 8.00. The van der Waals surface area contributed by atoms with E-state index in [1.807, 2.05) is 20.8 Å². The van der Waals surface area contributed by atoms with Gasteiger partial charge in [0.05, 0.1) is 5.60 Å². The highest BCUT2D eigenvalue weighted by Crippen LogP contribution is 2.31. The number of hydrogen-bond acceptors (Lipinski definition) is 3. The Morgan fingerprint density at radius 3 is 2.52 bits per heavy atom. The second-order valence-corrected chi connectivity index (χ2v) is 8.02. The number of carbonyl (C=O) groups is 1. The van der Waals surface area contributed by atoms with Crippen LogP contribution in [0.25, 0.3) is 0 Å². The van der Waals surface area contributed by atoms with Crippen LogP contribution in [0, 0.1) is 0 Å². The Morgan fingerprint density at radius 2 is 2.00 bits per heavy atom. The summed E-state index contributed by atoms with van der Waals surface area (Å²) in [7, 11) is 0. The number of ether oxygens (including phenoxy) is 1. The Labute approximate surface area is 128 Å². The van der Waals surface area contributed by atoms with E-state index in [1.54, 1.807) is 4.90 Å². The molecule has 5 nitrogen and oxygen atoms in total. The average molecular weight is 298 g/mol. The zero-order valence-corrected chi connectivity index (χ0v) is 14.1. The summed E-state index contributed by atoms with van der Waals surface area (Å²) in [5.74, 6) is 0. The molecule has 0 radical (unpaired) electrons. The summed E-state index contributed by atoms with van der Waals surface area (Å²) in [6.45, 7) is 12.9. The van der Waals surface area contributed by atoms with Crippen LogP contribution in [0.5, 0.6) is 0 Å². The third-order valence-electron chi connectivity index (χ3n) is 4.68. The Balaban J connectivity index is 2.01. The zero-order valence-electron chi connectivity index (χ0n) is 14.1. The summed E-state index contributed by atoms with van der Waals surface area (Å²) in [5, 5.41) is 9.54. The van der Waals surface area contributed by atoms with E-state index in [2.05, 4.69) is 18.7 Å².